The lowest BCUT2D eigenvalue weighted by Crippen LogP contribution is -2.33. The number of benzene rings is 1. The Kier molecular flexibility index (Phi) is 4.80. The highest BCUT2D eigenvalue weighted by molar-refractivity contribution is 5.90. The van der Waals surface area contributed by atoms with Crippen molar-refractivity contribution < 1.29 is 18.7 Å². The molecular weight excluding hydrogens is 369 g/mol. The van der Waals surface area contributed by atoms with Crippen LogP contribution in [0.2, 0.25) is 0 Å². The molecule has 148 valence electrons. The molecule has 28 heavy (non-hydrogen) atoms. The molecule has 1 aromatic heterocycles. The van der Waals surface area contributed by atoms with Crippen LogP contribution in [0.1, 0.15) is 25.1 Å². The van der Waals surface area contributed by atoms with E-state index >= 15 is 0 Å². The quantitative estimate of drug-likeness (QED) is 0.777. The number of rotatable bonds is 5. The van der Waals surface area contributed by atoms with Crippen LogP contribution in [-0.2, 0) is 9.53 Å². The molecule has 0 bridgehead atoms. The lowest BCUT2D eigenvalue weighted by molar-refractivity contribution is -0.119. The maximum Gasteiger partial charge on any atom is 0.414 e. The van der Waals surface area contributed by atoms with Gasteiger partial charge in [-0.05, 0) is 24.6 Å². The second kappa shape index (κ2) is 7.41. The molecular formula is C17H20FN7O3. The Hall–Kier alpha value is -3.24. The van der Waals surface area contributed by atoms with Gasteiger partial charge < -0.3 is 15.0 Å². The van der Waals surface area contributed by atoms with Gasteiger partial charge in [-0.1, -0.05) is 5.21 Å². The number of cyclic esters (lactones) is 1. The summed E-state index contributed by atoms with van der Waals surface area (Å²) >= 11 is 0. The number of carbonyl (C=O) groups excluding carboxylic acids is 2. The van der Waals surface area contributed by atoms with Crippen LogP contribution in [0, 0.1) is 5.82 Å². The van der Waals surface area contributed by atoms with Gasteiger partial charge in [0, 0.05) is 25.9 Å². The van der Waals surface area contributed by atoms with Crippen molar-refractivity contribution in [1.82, 2.24) is 25.9 Å². The summed E-state index contributed by atoms with van der Waals surface area (Å²) in [5.41, 5.74) is 0.891. The number of hydrogen-bond acceptors (Lipinski definition) is 7. The van der Waals surface area contributed by atoms with Crippen molar-refractivity contribution >= 4 is 23.4 Å². The first-order valence-electron chi connectivity index (χ1n) is 9.01. The minimum atomic E-state index is -0.555. The molecule has 2 amide bonds. The normalized spacial score (nSPS) is 21.9. The van der Waals surface area contributed by atoms with E-state index in [1.165, 1.54) is 17.9 Å². The maximum atomic E-state index is 14.8. The van der Waals surface area contributed by atoms with Gasteiger partial charge in [-0.25, -0.2) is 9.18 Å². The molecule has 2 aliphatic rings. The number of anilines is 2. The zero-order valence-corrected chi connectivity index (χ0v) is 15.3. The van der Waals surface area contributed by atoms with E-state index in [2.05, 4.69) is 25.9 Å². The fourth-order valence-electron chi connectivity index (χ4n) is 3.55. The molecule has 2 aromatic rings. The van der Waals surface area contributed by atoms with E-state index in [0.29, 0.717) is 30.3 Å². The van der Waals surface area contributed by atoms with Gasteiger partial charge >= 0.3 is 6.09 Å². The Morgan fingerprint density at radius 1 is 1.43 bits per heavy atom. The molecule has 3 heterocycles. The second-order valence-electron chi connectivity index (χ2n) is 6.89. The van der Waals surface area contributed by atoms with E-state index in [-0.39, 0.29) is 24.9 Å². The molecule has 2 N–H and O–H groups in total. The third-order valence-electron chi connectivity index (χ3n) is 4.95. The molecule has 2 atom stereocenters. The van der Waals surface area contributed by atoms with E-state index < -0.39 is 18.0 Å². The fraction of sp³-hybridized carbons (Fsp3) is 0.471. The van der Waals surface area contributed by atoms with Crippen molar-refractivity contribution in [3.63, 3.8) is 0 Å². The van der Waals surface area contributed by atoms with Crippen LogP contribution in [0.4, 0.5) is 20.6 Å². The Balaban J connectivity index is 1.43. The molecule has 0 spiro atoms. The minimum absolute atomic E-state index is 0.0981. The highest BCUT2D eigenvalue weighted by Gasteiger charge is 2.33. The van der Waals surface area contributed by atoms with Crippen molar-refractivity contribution in [2.45, 2.75) is 25.4 Å². The minimum Gasteiger partial charge on any atom is -0.442 e. The summed E-state index contributed by atoms with van der Waals surface area (Å²) in [6.07, 6.45) is -0.210. The Bertz CT molecular complexity index is 876. The Morgan fingerprint density at radius 3 is 3.00 bits per heavy atom. The number of halogens is 1. The molecule has 4 rings (SSSR count). The van der Waals surface area contributed by atoms with Crippen molar-refractivity contribution in [3.8, 4) is 0 Å². The average Bonchev–Trinajstić information content (AvgIpc) is 3.40. The first-order chi connectivity index (χ1) is 13.5. The number of nitrogens with one attached hydrogen (secondary N) is 2. The van der Waals surface area contributed by atoms with Crippen molar-refractivity contribution in [1.29, 1.82) is 0 Å². The maximum absolute atomic E-state index is 14.8. The standard InChI is InChI=1S/C17H20FN7O3/c1-10(26)19-7-13-9-25(17(27)28-13)12-2-3-15(14(18)6-12)24-5-4-11(8-24)16-20-22-23-21-16/h2-3,6,11,13H,4-5,7-9H2,1H3,(H,19,26)(H,20,21,22,23)/t11?,13-/m0/s1. The van der Waals surface area contributed by atoms with Crippen LogP contribution < -0.4 is 15.1 Å². The van der Waals surface area contributed by atoms with Crippen LogP contribution in [0.25, 0.3) is 0 Å². The van der Waals surface area contributed by atoms with Gasteiger partial charge in [0.1, 0.15) is 11.9 Å². The van der Waals surface area contributed by atoms with E-state index in [1.54, 1.807) is 12.1 Å². The van der Waals surface area contributed by atoms with Crippen LogP contribution in [0.5, 0.6) is 0 Å². The number of hydrogen-bond donors (Lipinski definition) is 2. The van der Waals surface area contributed by atoms with E-state index in [1.807, 2.05) is 4.90 Å². The SMILES string of the molecule is CC(=O)NC[C@H]1CN(c2ccc(N3CCC(c4nn[nH]n4)C3)c(F)c2)C(=O)O1. The fourth-order valence-corrected chi connectivity index (χ4v) is 3.55. The topological polar surface area (TPSA) is 116 Å². The largest absolute Gasteiger partial charge is 0.442 e. The number of aromatic nitrogens is 4. The molecule has 0 aliphatic carbocycles. The molecule has 0 radical (unpaired) electrons. The molecule has 2 aliphatic heterocycles. The monoisotopic (exact) mass is 389 g/mol. The summed E-state index contributed by atoms with van der Waals surface area (Å²) in [7, 11) is 0. The molecule has 1 unspecified atom stereocenters. The number of nitrogens with zero attached hydrogens (tertiary/aromatic N) is 5. The lowest BCUT2D eigenvalue weighted by Gasteiger charge is -2.21. The van der Waals surface area contributed by atoms with Gasteiger partial charge in [-0.2, -0.15) is 5.21 Å². The van der Waals surface area contributed by atoms with E-state index in [4.69, 9.17) is 4.74 Å². The summed E-state index contributed by atoms with van der Waals surface area (Å²) in [6.45, 7) is 3.15. The molecule has 11 heteroatoms. The first-order valence-corrected chi connectivity index (χ1v) is 9.01. The van der Waals surface area contributed by atoms with Crippen molar-refractivity contribution in [3.05, 3.63) is 29.8 Å². The Labute approximate surface area is 160 Å². The number of ether oxygens (including phenoxy) is 1. The zero-order chi connectivity index (χ0) is 19.7. The molecule has 2 fully saturated rings. The summed E-state index contributed by atoms with van der Waals surface area (Å²) in [6, 6.07) is 4.69. The van der Waals surface area contributed by atoms with E-state index in [0.717, 1.165) is 6.42 Å². The van der Waals surface area contributed by atoms with Gasteiger partial charge in [0.2, 0.25) is 5.91 Å². The highest BCUT2D eigenvalue weighted by atomic mass is 19.1. The predicted octanol–water partition coefficient (Wildman–Crippen LogP) is 0.794. The van der Waals surface area contributed by atoms with Crippen LogP contribution in [-0.4, -0.2) is 64.9 Å². The van der Waals surface area contributed by atoms with Gasteiger partial charge in [-0.3, -0.25) is 9.69 Å². The van der Waals surface area contributed by atoms with Gasteiger partial charge in [0.15, 0.2) is 5.82 Å². The van der Waals surface area contributed by atoms with Crippen molar-refractivity contribution in [2.24, 2.45) is 0 Å². The Morgan fingerprint density at radius 2 is 2.29 bits per heavy atom. The van der Waals surface area contributed by atoms with Crippen molar-refractivity contribution in [2.75, 3.05) is 36.0 Å². The van der Waals surface area contributed by atoms with Crippen LogP contribution in [0.15, 0.2) is 18.2 Å². The summed E-state index contributed by atoms with van der Waals surface area (Å²) in [5.74, 6) is 0.115. The highest BCUT2D eigenvalue weighted by Crippen LogP contribution is 2.33. The number of aromatic amines is 1. The number of H-pyrrole nitrogens is 1. The second-order valence-corrected chi connectivity index (χ2v) is 6.89. The van der Waals surface area contributed by atoms with Crippen LogP contribution >= 0.6 is 0 Å². The van der Waals surface area contributed by atoms with Gasteiger partial charge in [-0.15, -0.1) is 10.2 Å². The predicted molar refractivity (Wildman–Crippen MR) is 96.4 cm³/mol. The third-order valence-corrected chi connectivity index (χ3v) is 4.95. The molecule has 1 aromatic carbocycles. The summed E-state index contributed by atoms with van der Waals surface area (Å²) < 4.78 is 20.0. The number of amides is 2. The number of carbonyl (C=O) groups is 2. The van der Waals surface area contributed by atoms with Crippen LogP contribution in [0.3, 0.4) is 0 Å². The smallest absolute Gasteiger partial charge is 0.414 e. The number of tetrazole rings is 1. The van der Waals surface area contributed by atoms with Gasteiger partial charge in [0.25, 0.3) is 0 Å². The lowest BCUT2D eigenvalue weighted by atomic mass is 10.1. The molecule has 0 saturated carbocycles. The molecule has 2 saturated heterocycles. The summed E-state index contributed by atoms with van der Waals surface area (Å²) in [4.78, 5) is 26.4. The molecule has 10 nitrogen and oxygen atoms in total. The summed E-state index contributed by atoms with van der Waals surface area (Å²) in [5, 5.41) is 16.6. The first kappa shape index (κ1) is 18.1. The zero-order valence-electron chi connectivity index (χ0n) is 15.3. The third kappa shape index (κ3) is 3.59. The van der Waals surface area contributed by atoms with Gasteiger partial charge in [0.05, 0.1) is 24.5 Å². The van der Waals surface area contributed by atoms with E-state index in [9.17, 15) is 14.0 Å². The average molecular weight is 389 g/mol.